The number of esters is 1. The summed E-state index contributed by atoms with van der Waals surface area (Å²) in [7, 11) is 0. The molecule has 20 atom stereocenters. The number of halogens is 1. The normalized spacial score (nSPS) is 34.5. The van der Waals surface area contributed by atoms with E-state index in [1.54, 1.807) is 35.4 Å². The Balaban J connectivity index is 0.964. The Hall–Kier alpha value is -5.79. The number of likely N-dealkylation sites (tertiary alicyclic amines) is 1. The number of aromatic nitrogens is 6. The second-order valence-corrected chi connectivity index (χ2v) is 23.9. The predicted molar refractivity (Wildman–Crippen MR) is 301 cm³/mol. The van der Waals surface area contributed by atoms with Gasteiger partial charge in [-0.3, -0.25) is 4.79 Å². The van der Waals surface area contributed by atoms with Crippen molar-refractivity contribution in [3.63, 3.8) is 0 Å². The Kier molecular flexibility index (Phi) is 20.2. The summed E-state index contributed by atoms with van der Waals surface area (Å²) >= 11 is 0. The summed E-state index contributed by atoms with van der Waals surface area (Å²) in [5, 5.41) is 108. The number of aliphatic hydroxyl groups excluding tert-OH is 8. The Labute approximate surface area is 501 Å². The minimum atomic E-state index is -1.84. The van der Waals surface area contributed by atoms with E-state index in [-0.39, 0.29) is 42.5 Å². The van der Waals surface area contributed by atoms with Crippen molar-refractivity contribution in [1.29, 1.82) is 0 Å². The smallest absolute Gasteiger partial charge is 0.338 e. The van der Waals surface area contributed by atoms with Crippen molar-refractivity contribution in [1.82, 2.24) is 34.9 Å². The number of ether oxygens (including phenoxy) is 8. The van der Waals surface area contributed by atoms with Crippen LogP contribution in [0, 0.1) is 24.6 Å². The quantitative estimate of drug-likeness (QED) is 0.0518. The number of aryl methyl sites for hydroxylation is 1. The maximum atomic E-state index is 14.8. The molecule has 2 aliphatic carbocycles. The van der Waals surface area contributed by atoms with E-state index in [2.05, 4.69) is 20.6 Å². The summed E-state index contributed by atoms with van der Waals surface area (Å²) in [5.41, 5.74) is 2.87. The highest BCUT2D eigenvalue weighted by atomic mass is 19.1. The van der Waals surface area contributed by atoms with Gasteiger partial charge in [-0.05, 0) is 81.7 Å². The first kappa shape index (κ1) is 62.8. The van der Waals surface area contributed by atoms with Gasteiger partial charge in [0.1, 0.15) is 90.4 Å². The van der Waals surface area contributed by atoms with Crippen LogP contribution in [0.2, 0.25) is 0 Å². The molecule has 8 N–H and O–H groups in total. The largest absolute Gasteiger partial charge is 0.450 e. The number of nitrogens with zero attached hydrogens (tertiary/aromatic N) is 7. The minimum Gasteiger partial charge on any atom is -0.450 e. The van der Waals surface area contributed by atoms with Crippen LogP contribution in [0.25, 0.3) is 22.5 Å². The van der Waals surface area contributed by atoms with Crippen LogP contribution in [0.5, 0.6) is 0 Å². The summed E-state index contributed by atoms with van der Waals surface area (Å²) in [4.78, 5) is 30.5. The first-order chi connectivity index (χ1) is 42.0. The molecule has 472 valence electrons. The number of carbonyl (C=O) groups is 2. The molecular formula is C61H78FN7O18. The molecule has 0 spiro atoms. The maximum Gasteiger partial charge on any atom is 0.338 e. The van der Waals surface area contributed by atoms with E-state index in [1.807, 2.05) is 31.2 Å². The second-order valence-electron chi connectivity index (χ2n) is 23.9. The fraction of sp³-hybridized carbons (Fsp3) is 0.607. The third-order valence-electron chi connectivity index (χ3n) is 17.8. The lowest BCUT2D eigenvalue weighted by molar-refractivity contribution is -0.350. The molecule has 2 saturated carbocycles. The van der Waals surface area contributed by atoms with Gasteiger partial charge in [-0.2, -0.15) is 0 Å². The van der Waals surface area contributed by atoms with Crippen molar-refractivity contribution in [2.24, 2.45) is 11.8 Å². The Morgan fingerprint density at radius 3 is 2.03 bits per heavy atom. The molecule has 4 saturated heterocycles. The molecule has 4 aliphatic heterocycles. The number of aliphatic hydroxyl groups is 8. The van der Waals surface area contributed by atoms with E-state index >= 15 is 0 Å². The average Bonchev–Trinajstić information content (AvgIpc) is 3.35. The summed E-state index contributed by atoms with van der Waals surface area (Å²) in [6.45, 7) is 2.68. The number of carbonyl (C=O) groups excluding carboxylic acids is 2. The van der Waals surface area contributed by atoms with Gasteiger partial charge in [0.05, 0.1) is 56.0 Å². The standard InChI is InChI=1S/C61H78FN7O18/c1-32-12-9-17-37(22-32)41-28-69(66-64-41)47-49(73)45(29-70)84-59(51(47)75)80-31-35-23-42(68-27-40(63-65-68)38-18-10-19-39(62)26-38)54(87-60-53(77)52(76)48(72)33(2)81-60)43(25-35)83-61-56(86-58(79)36-15-7-4-8-16-36)55(50(74)46(30-71)85-61)82-44(57(78)67-20-11-21-67)24-34-13-5-3-6-14-34/h4,7-10,12,15-19,22,26-28,33-35,42-56,59-61,70-77H,3,5-6,11,13-14,20-21,23-25,29-31H2,1-2H3/t33?,35?,42?,43-,44+,45?,46+,47?,48-,49-,50+,51?,52+,53?,54-,55?,56?,59+,60+,61-/m1/s1. The van der Waals surface area contributed by atoms with Gasteiger partial charge >= 0.3 is 5.97 Å². The monoisotopic (exact) mass is 1220 g/mol. The van der Waals surface area contributed by atoms with E-state index in [1.165, 1.54) is 52.8 Å². The highest BCUT2D eigenvalue weighted by Crippen LogP contribution is 2.43. The molecule has 87 heavy (non-hydrogen) atoms. The third kappa shape index (κ3) is 14.0. The SMILES string of the molecule is Cc1cccc(-c2cn(C3C(O)[C@@H](OCC4CC(n5cc(-c6cccc(F)c6)nn5)[C@@H](O[C@@H]5OC(C)[C@@H](O)[C@H](O)C5O)[C@H](O[C@@H]5O[C@@H](CO)[C@H](O)C(O[C@@H](CC6CCCCC6)C(=O)N6CCC6)C5OC(=O)c5ccccc5)C4)OC(CO)[C@H]3O)nn2)c1. The van der Waals surface area contributed by atoms with Crippen LogP contribution in [-0.2, 0) is 42.7 Å². The second kappa shape index (κ2) is 27.9. The molecule has 26 heteroatoms. The summed E-state index contributed by atoms with van der Waals surface area (Å²) in [6.07, 6.45) is -16.8. The van der Waals surface area contributed by atoms with Gasteiger partial charge in [-0.15, -0.1) is 10.2 Å². The van der Waals surface area contributed by atoms with E-state index in [0.29, 0.717) is 30.8 Å². The zero-order chi connectivity index (χ0) is 61.0. The predicted octanol–water partition coefficient (Wildman–Crippen LogP) is 2.16. The summed E-state index contributed by atoms with van der Waals surface area (Å²) < 4.78 is 69.6. The molecule has 11 rings (SSSR count). The van der Waals surface area contributed by atoms with Crippen LogP contribution >= 0.6 is 0 Å². The lowest BCUT2D eigenvalue weighted by atomic mass is 9.81. The van der Waals surface area contributed by atoms with Gasteiger partial charge in [-0.1, -0.05) is 96.6 Å². The zero-order valence-corrected chi connectivity index (χ0v) is 48.4. The molecule has 3 aromatic carbocycles. The number of amides is 1. The third-order valence-corrected chi connectivity index (χ3v) is 17.8. The van der Waals surface area contributed by atoms with Crippen LogP contribution in [0.3, 0.4) is 0 Å². The van der Waals surface area contributed by atoms with Crippen molar-refractivity contribution < 1.29 is 92.7 Å². The first-order valence-corrected chi connectivity index (χ1v) is 30.1. The van der Waals surface area contributed by atoms with E-state index in [9.17, 15) is 54.8 Å². The molecule has 6 fully saturated rings. The summed E-state index contributed by atoms with van der Waals surface area (Å²) in [5.74, 6) is -2.30. The molecule has 9 unspecified atom stereocenters. The van der Waals surface area contributed by atoms with Crippen LogP contribution in [0.4, 0.5) is 4.39 Å². The van der Waals surface area contributed by atoms with Crippen LogP contribution in [0.1, 0.15) is 92.7 Å². The van der Waals surface area contributed by atoms with Crippen molar-refractivity contribution >= 4 is 11.9 Å². The van der Waals surface area contributed by atoms with Gasteiger partial charge in [0.25, 0.3) is 5.91 Å². The molecular weight excluding hydrogens is 1140 g/mol. The molecule has 0 radical (unpaired) electrons. The van der Waals surface area contributed by atoms with Crippen molar-refractivity contribution in [2.45, 2.75) is 188 Å². The number of rotatable bonds is 20. The van der Waals surface area contributed by atoms with Crippen molar-refractivity contribution in [3.05, 3.63) is 108 Å². The maximum absolute atomic E-state index is 14.8. The lowest BCUT2D eigenvalue weighted by Crippen LogP contribution is -2.64. The highest BCUT2D eigenvalue weighted by Gasteiger charge is 2.55. The van der Waals surface area contributed by atoms with Crippen LogP contribution in [-0.4, -0.2) is 225 Å². The van der Waals surface area contributed by atoms with Gasteiger partial charge in [-0.25, -0.2) is 18.5 Å². The fourth-order valence-corrected chi connectivity index (χ4v) is 12.8. The van der Waals surface area contributed by atoms with E-state index in [0.717, 1.165) is 49.7 Å². The minimum absolute atomic E-state index is 0.0599. The average molecular weight is 1220 g/mol. The highest BCUT2D eigenvalue weighted by molar-refractivity contribution is 5.89. The molecule has 1 amide bonds. The first-order valence-electron chi connectivity index (χ1n) is 30.1. The number of hydrogen-bond acceptors (Lipinski definition) is 22. The topological polar surface area (TPSA) is 334 Å². The molecule has 2 aromatic heterocycles. The Morgan fingerprint density at radius 1 is 0.667 bits per heavy atom. The molecule has 5 aromatic rings. The van der Waals surface area contributed by atoms with Crippen LogP contribution < -0.4 is 0 Å². The van der Waals surface area contributed by atoms with Gasteiger partial charge in [0, 0.05) is 24.2 Å². The van der Waals surface area contributed by atoms with Crippen molar-refractivity contribution in [3.8, 4) is 22.5 Å². The van der Waals surface area contributed by atoms with Gasteiger partial charge < -0.3 is 83.6 Å². The molecule has 6 aliphatic rings. The molecule has 6 heterocycles. The van der Waals surface area contributed by atoms with Gasteiger partial charge in [0.2, 0.25) is 0 Å². The number of benzene rings is 3. The fourth-order valence-electron chi connectivity index (χ4n) is 12.8. The number of hydrogen-bond donors (Lipinski definition) is 8. The molecule has 0 bridgehead atoms. The van der Waals surface area contributed by atoms with Crippen LogP contribution in [0.15, 0.2) is 91.3 Å². The Morgan fingerprint density at radius 2 is 1.34 bits per heavy atom. The van der Waals surface area contributed by atoms with E-state index < -0.39 is 147 Å². The van der Waals surface area contributed by atoms with Crippen molar-refractivity contribution in [2.75, 3.05) is 32.9 Å². The Bertz CT molecular complexity index is 3060. The lowest BCUT2D eigenvalue weighted by Gasteiger charge is -2.49. The van der Waals surface area contributed by atoms with Gasteiger partial charge in [0.15, 0.2) is 25.0 Å². The summed E-state index contributed by atoms with van der Waals surface area (Å²) in [6, 6.07) is 19.0. The van der Waals surface area contributed by atoms with E-state index in [4.69, 9.17) is 37.9 Å². The zero-order valence-electron chi connectivity index (χ0n) is 48.4. The molecule has 25 nitrogen and oxygen atoms in total.